The third-order valence-corrected chi connectivity index (χ3v) is 3.15. The zero-order valence-electron chi connectivity index (χ0n) is 11.8. The zero-order chi connectivity index (χ0) is 15.5. The maximum atomic E-state index is 12.0. The van der Waals surface area contributed by atoms with Crippen LogP contribution in [0.5, 0.6) is 5.75 Å². The molecule has 9 heteroatoms. The SMILES string of the molecule is CN(CC(=O)Nc1ccc(OC(F)(F)F)cc1)C1CNC1.Cl. The van der Waals surface area contributed by atoms with Crippen LogP contribution in [-0.2, 0) is 4.79 Å². The molecule has 1 amide bonds. The molecule has 0 atom stereocenters. The van der Waals surface area contributed by atoms with Crippen LogP contribution in [-0.4, -0.2) is 49.9 Å². The van der Waals surface area contributed by atoms with E-state index in [9.17, 15) is 18.0 Å². The highest BCUT2D eigenvalue weighted by molar-refractivity contribution is 5.92. The molecular weight excluding hydrogens is 323 g/mol. The number of carbonyl (C=O) groups excluding carboxylic acids is 1. The molecule has 2 rings (SSSR count). The molecule has 1 aliphatic heterocycles. The number of carbonyl (C=O) groups is 1. The van der Waals surface area contributed by atoms with E-state index in [2.05, 4.69) is 15.4 Å². The summed E-state index contributed by atoms with van der Waals surface area (Å²) in [5.74, 6) is -0.535. The van der Waals surface area contributed by atoms with Gasteiger partial charge in [-0.2, -0.15) is 0 Å². The van der Waals surface area contributed by atoms with Gasteiger partial charge in [-0.3, -0.25) is 9.69 Å². The molecule has 1 aliphatic rings. The molecule has 0 spiro atoms. The van der Waals surface area contributed by atoms with Crippen molar-refractivity contribution in [2.75, 3.05) is 32.0 Å². The predicted octanol–water partition coefficient (Wildman–Crippen LogP) is 1.85. The van der Waals surface area contributed by atoms with Crippen LogP contribution in [0.1, 0.15) is 0 Å². The molecule has 124 valence electrons. The number of nitrogens with zero attached hydrogens (tertiary/aromatic N) is 1. The summed E-state index contributed by atoms with van der Waals surface area (Å²) >= 11 is 0. The van der Waals surface area contributed by atoms with Gasteiger partial charge in [0.2, 0.25) is 5.91 Å². The molecular formula is C13H17ClF3N3O2. The first-order chi connectivity index (χ1) is 9.83. The van der Waals surface area contributed by atoms with Crippen molar-refractivity contribution in [3.63, 3.8) is 0 Å². The monoisotopic (exact) mass is 339 g/mol. The van der Waals surface area contributed by atoms with Crippen LogP contribution in [0.3, 0.4) is 0 Å². The second-order valence-electron chi connectivity index (χ2n) is 4.85. The second-order valence-corrected chi connectivity index (χ2v) is 4.85. The van der Waals surface area contributed by atoms with Crippen LogP contribution in [0, 0.1) is 0 Å². The fourth-order valence-electron chi connectivity index (χ4n) is 1.88. The van der Waals surface area contributed by atoms with Crippen LogP contribution < -0.4 is 15.4 Å². The third kappa shape index (κ3) is 5.70. The van der Waals surface area contributed by atoms with Gasteiger partial charge in [-0.1, -0.05) is 0 Å². The van der Waals surface area contributed by atoms with E-state index < -0.39 is 6.36 Å². The number of hydrogen-bond acceptors (Lipinski definition) is 4. The van der Waals surface area contributed by atoms with E-state index in [1.807, 2.05) is 11.9 Å². The van der Waals surface area contributed by atoms with Crippen molar-refractivity contribution in [1.29, 1.82) is 0 Å². The number of likely N-dealkylation sites (N-methyl/N-ethyl adjacent to an activating group) is 1. The molecule has 5 nitrogen and oxygen atoms in total. The maximum Gasteiger partial charge on any atom is 0.573 e. The summed E-state index contributed by atoms with van der Waals surface area (Å²) in [5, 5.41) is 5.74. The highest BCUT2D eigenvalue weighted by atomic mass is 35.5. The second kappa shape index (κ2) is 7.66. The number of alkyl halides is 3. The average Bonchev–Trinajstić information content (AvgIpc) is 2.27. The number of halogens is 4. The largest absolute Gasteiger partial charge is 0.573 e. The molecule has 1 fully saturated rings. The molecule has 1 aromatic rings. The van der Waals surface area contributed by atoms with Crippen molar-refractivity contribution in [3.05, 3.63) is 24.3 Å². The Hall–Kier alpha value is -1.51. The Morgan fingerprint density at radius 1 is 1.36 bits per heavy atom. The number of anilines is 1. The minimum Gasteiger partial charge on any atom is -0.406 e. The number of amides is 1. The lowest BCUT2D eigenvalue weighted by Crippen LogP contribution is -2.57. The first-order valence-corrected chi connectivity index (χ1v) is 6.40. The average molecular weight is 340 g/mol. The molecule has 0 aliphatic carbocycles. The molecule has 0 unspecified atom stereocenters. The Labute approximate surface area is 132 Å². The lowest BCUT2D eigenvalue weighted by Gasteiger charge is -2.35. The quantitative estimate of drug-likeness (QED) is 0.859. The van der Waals surface area contributed by atoms with Crippen LogP contribution >= 0.6 is 12.4 Å². The van der Waals surface area contributed by atoms with E-state index >= 15 is 0 Å². The zero-order valence-corrected chi connectivity index (χ0v) is 12.6. The summed E-state index contributed by atoms with van der Waals surface area (Å²) in [4.78, 5) is 13.7. The van der Waals surface area contributed by atoms with Crippen molar-refractivity contribution >= 4 is 24.0 Å². The van der Waals surface area contributed by atoms with E-state index in [0.717, 1.165) is 25.2 Å². The summed E-state index contributed by atoms with van der Waals surface area (Å²) in [6, 6.07) is 5.39. The number of nitrogens with one attached hydrogen (secondary N) is 2. The molecule has 2 N–H and O–H groups in total. The van der Waals surface area contributed by atoms with Gasteiger partial charge in [-0.15, -0.1) is 25.6 Å². The van der Waals surface area contributed by atoms with Crippen LogP contribution in [0.25, 0.3) is 0 Å². The van der Waals surface area contributed by atoms with Crippen LogP contribution in [0.2, 0.25) is 0 Å². The van der Waals surface area contributed by atoms with E-state index in [0.29, 0.717) is 11.7 Å². The summed E-state index contributed by atoms with van der Waals surface area (Å²) in [5.41, 5.74) is 0.426. The Morgan fingerprint density at radius 3 is 2.41 bits per heavy atom. The van der Waals surface area contributed by atoms with Crippen molar-refractivity contribution < 1.29 is 22.7 Å². The van der Waals surface area contributed by atoms with E-state index in [-0.39, 0.29) is 30.6 Å². The van der Waals surface area contributed by atoms with Gasteiger partial charge < -0.3 is 15.4 Å². The summed E-state index contributed by atoms with van der Waals surface area (Å²) < 4.78 is 39.8. The minimum absolute atomic E-state index is 0. The lowest BCUT2D eigenvalue weighted by molar-refractivity contribution is -0.274. The highest BCUT2D eigenvalue weighted by Crippen LogP contribution is 2.23. The molecule has 0 aromatic heterocycles. The van der Waals surface area contributed by atoms with Crippen molar-refractivity contribution in [2.45, 2.75) is 12.4 Å². The first-order valence-electron chi connectivity index (χ1n) is 6.40. The summed E-state index contributed by atoms with van der Waals surface area (Å²) in [7, 11) is 1.85. The Morgan fingerprint density at radius 2 is 1.95 bits per heavy atom. The van der Waals surface area contributed by atoms with Gasteiger partial charge in [-0.25, -0.2) is 0 Å². The third-order valence-electron chi connectivity index (χ3n) is 3.15. The Balaban J connectivity index is 0.00000242. The smallest absolute Gasteiger partial charge is 0.406 e. The number of rotatable bonds is 5. The summed E-state index contributed by atoms with van der Waals surface area (Å²) in [6.45, 7) is 1.94. The molecule has 1 heterocycles. The van der Waals surface area contributed by atoms with Crippen molar-refractivity contribution in [2.24, 2.45) is 0 Å². The normalized spacial score (nSPS) is 15.0. The van der Waals surface area contributed by atoms with Crippen molar-refractivity contribution in [1.82, 2.24) is 10.2 Å². The van der Waals surface area contributed by atoms with Crippen molar-refractivity contribution in [3.8, 4) is 5.75 Å². The molecule has 0 radical (unpaired) electrons. The standard InChI is InChI=1S/C13H16F3N3O2.ClH/c1-19(10-6-17-7-10)8-12(20)18-9-2-4-11(5-3-9)21-13(14,15)16;/h2-5,10,17H,6-8H2,1H3,(H,18,20);1H. The number of benzene rings is 1. The maximum absolute atomic E-state index is 12.0. The molecule has 0 bridgehead atoms. The number of ether oxygens (including phenoxy) is 1. The first kappa shape index (κ1) is 18.5. The Kier molecular flexibility index (Phi) is 6.46. The van der Waals surface area contributed by atoms with E-state index in [1.54, 1.807) is 0 Å². The Bertz CT molecular complexity index is 492. The topological polar surface area (TPSA) is 53.6 Å². The van der Waals surface area contributed by atoms with Gasteiger partial charge >= 0.3 is 6.36 Å². The van der Waals surface area contributed by atoms with E-state index in [1.165, 1.54) is 12.1 Å². The van der Waals surface area contributed by atoms with Gasteiger partial charge in [0, 0.05) is 24.8 Å². The molecule has 1 aromatic carbocycles. The van der Waals surface area contributed by atoms with E-state index in [4.69, 9.17) is 0 Å². The van der Waals surface area contributed by atoms with Crippen LogP contribution in [0.4, 0.5) is 18.9 Å². The number of hydrogen-bond donors (Lipinski definition) is 2. The van der Waals surface area contributed by atoms with Crippen LogP contribution in [0.15, 0.2) is 24.3 Å². The molecule has 22 heavy (non-hydrogen) atoms. The van der Waals surface area contributed by atoms with Gasteiger partial charge in [0.15, 0.2) is 0 Å². The highest BCUT2D eigenvalue weighted by Gasteiger charge is 2.31. The lowest BCUT2D eigenvalue weighted by atomic mass is 10.1. The molecule has 0 saturated carbocycles. The van der Waals surface area contributed by atoms with Gasteiger partial charge in [0.1, 0.15) is 5.75 Å². The molecule has 1 saturated heterocycles. The summed E-state index contributed by atoms with van der Waals surface area (Å²) in [6.07, 6.45) is -4.72. The fourth-order valence-corrected chi connectivity index (χ4v) is 1.88. The predicted molar refractivity (Wildman–Crippen MR) is 78.3 cm³/mol. The minimum atomic E-state index is -4.72. The van der Waals surface area contributed by atoms with Gasteiger partial charge in [0.25, 0.3) is 0 Å². The van der Waals surface area contributed by atoms with Gasteiger partial charge in [0.05, 0.1) is 6.54 Å². The fraction of sp³-hybridized carbons (Fsp3) is 0.462. The van der Waals surface area contributed by atoms with Gasteiger partial charge in [-0.05, 0) is 31.3 Å².